The first-order valence-electron chi connectivity index (χ1n) is 6.06. The molecule has 1 aromatic carbocycles. The minimum atomic E-state index is 0.303. The molecule has 0 radical (unpaired) electrons. The van der Waals surface area contributed by atoms with Gasteiger partial charge in [0.05, 0.1) is 0 Å². The van der Waals surface area contributed by atoms with Gasteiger partial charge >= 0.3 is 0 Å². The van der Waals surface area contributed by atoms with Crippen LogP contribution in [0.3, 0.4) is 0 Å². The lowest BCUT2D eigenvalue weighted by Gasteiger charge is -2.12. The Morgan fingerprint density at radius 3 is 2.59 bits per heavy atom. The van der Waals surface area contributed by atoms with Crippen LogP contribution in [0.4, 0.5) is 0 Å². The van der Waals surface area contributed by atoms with Crippen molar-refractivity contribution in [2.75, 3.05) is 0 Å². The molecule has 0 amide bonds. The van der Waals surface area contributed by atoms with E-state index < -0.39 is 0 Å². The van der Waals surface area contributed by atoms with Crippen molar-refractivity contribution in [3.05, 3.63) is 36.2 Å². The molecule has 0 saturated carbocycles. The van der Waals surface area contributed by atoms with Gasteiger partial charge in [-0.2, -0.15) is 0 Å². The van der Waals surface area contributed by atoms with Gasteiger partial charge in [-0.05, 0) is 27.8 Å². The van der Waals surface area contributed by atoms with E-state index in [0.29, 0.717) is 5.41 Å². The molecule has 0 aliphatic carbocycles. The van der Waals surface area contributed by atoms with Crippen molar-refractivity contribution in [2.24, 2.45) is 5.41 Å². The van der Waals surface area contributed by atoms with E-state index in [1.165, 1.54) is 16.3 Å². The molecule has 1 heteroatoms. The highest BCUT2D eigenvalue weighted by atomic mass is 14.6. The Morgan fingerprint density at radius 1 is 1.06 bits per heavy atom. The molecule has 1 N–H and O–H groups in total. The molecule has 1 heterocycles. The minimum absolute atomic E-state index is 0.303. The molecular weight excluding hydrogens is 206 g/mol. The van der Waals surface area contributed by atoms with Gasteiger partial charge in [0, 0.05) is 25.2 Å². The number of nitrogens with one attached hydrogen (secondary N) is 1. The van der Waals surface area contributed by atoms with Gasteiger partial charge in [-0.3, -0.25) is 0 Å². The van der Waals surface area contributed by atoms with Crippen molar-refractivity contribution in [3.63, 3.8) is 0 Å². The molecule has 17 heavy (non-hydrogen) atoms. The molecule has 0 saturated heterocycles. The maximum absolute atomic E-state index is 3.26. The van der Waals surface area contributed by atoms with Gasteiger partial charge < -0.3 is 4.98 Å². The lowest BCUT2D eigenvalue weighted by atomic mass is 9.93. The van der Waals surface area contributed by atoms with Crippen molar-refractivity contribution in [2.45, 2.75) is 33.6 Å². The smallest absolute Gasteiger partial charge is 0.0340 e. The Kier molecular flexibility index (Phi) is 3.24. The average Bonchev–Trinajstić information content (AvgIpc) is 2.70. The van der Waals surface area contributed by atoms with Crippen molar-refractivity contribution >= 4 is 10.8 Å². The first-order valence-corrected chi connectivity index (χ1v) is 6.06. The van der Waals surface area contributed by atoms with Crippen molar-refractivity contribution in [1.29, 1.82) is 0 Å². The van der Waals surface area contributed by atoms with Crippen LogP contribution in [0.2, 0.25) is 0 Å². The first kappa shape index (κ1) is 11.8. The molecule has 88 valence electrons. The van der Waals surface area contributed by atoms with Crippen LogP contribution in [0.15, 0.2) is 30.6 Å². The number of rotatable bonds is 1. The summed E-state index contributed by atoms with van der Waals surface area (Å²) < 4.78 is 0. The number of hydrogen-bond acceptors (Lipinski definition) is 0. The van der Waals surface area contributed by atoms with Crippen LogP contribution in [0.5, 0.6) is 0 Å². The van der Waals surface area contributed by atoms with Crippen molar-refractivity contribution in [1.82, 2.24) is 4.98 Å². The van der Waals surface area contributed by atoms with Gasteiger partial charge in [-0.1, -0.05) is 38.8 Å². The Hall–Kier alpha value is -1.68. The summed E-state index contributed by atoms with van der Waals surface area (Å²) in [5.41, 5.74) is 1.59. The zero-order valence-corrected chi connectivity index (χ0v) is 10.8. The number of fused-ring (bicyclic) bond motifs is 1. The second-order valence-electron chi connectivity index (χ2n) is 5.69. The lowest BCUT2D eigenvalue weighted by Crippen LogP contribution is -2.02. The van der Waals surface area contributed by atoms with Gasteiger partial charge in [0.15, 0.2) is 0 Å². The number of benzene rings is 1. The van der Waals surface area contributed by atoms with Crippen LogP contribution in [0.1, 0.15) is 32.8 Å². The van der Waals surface area contributed by atoms with Gasteiger partial charge in [0.25, 0.3) is 0 Å². The van der Waals surface area contributed by atoms with Gasteiger partial charge in [-0.15, -0.1) is 5.92 Å². The molecule has 1 aromatic heterocycles. The molecule has 0 unspecified atom stereocenters. The molecule has 0 aliphatic heterocycles. The van der Waals surface area contributed by atoms with E-state index in [-0.39, 0.29) is 0 Å². The van der Waals surface area contributed by atoms with E-state index in [1.54, 1.807) is 0 Å². The number of aromatic amines is 1. The quantitative estimate of drug-likeness (QED) is 0.702. The highest BCUT2D eigenvalue weighted by Gasteiger charge is 2.06. The molecule has 1 nitrogen and oxygen atoms in total. The monoisotopic (exact) mass is 225 g/mol. The number of hydrogen-bond donors (Lipinski definition) is 1. The third-order valence-corrected chi connectivity index (χ3v) is 2.67. The Morgan fingerprint density at radius 2 is 1.82 bits per heavy atom. The molecule has 0 bridgehead atoms. The summed E-state index contributed by atoms with van der Waals surface area (Å²) in [6, 6.07) is 6.51. The zero-order valence-electron chi connectivity index (χ0n) is 10.8. The second-order valence-corrected chi connectivity index (χ2v) is 5.69. The summed E-state index contributed by atoms with van der Waals surface area (Å²) >= 11 is 0. The van der Waals surface area contributed by atoms with Gasteiger partial charge in [-0.25, -0.2) is 0 Å². The summed E-state index contributed by atoms with van der Waals surface area (Å²) in [5.74, 6) is 6.51. The lowest BCUT2D eigenvalue weighted by molar-refractivity contribution is 0.428. The Bertz CT molecular complexity index is 558. The fraction of sp³-hybridized carbons (Fsp3) is 0.375. The Balaban J connectivity index is 2.03. The van der Waals surface area contributed by atoms with E-state index >= 15 is 0 Å². The largest absolute Gasteiger partial charge is 0.366 e. The zero-order chi connectivity index (χ0) is 12.3. The summed E-state index contributed by atoms with van der Waals surface area (Å²) in [6.07, 6.45) is 5.85. The van der Waals surface area contributed by atoms with Crippen LogP contribution in [-0.4, -0.2) is 4.98 Å². The van der Waals surface area contributed by atoms with E-state index in [2.05, 4.69) is 55.8 Å². The van der Waals surface area contributed by atoms with E-state index in [4.69, 9.17) is 0 Å². The van der Waals surface area contributed by atoms with E-state index in [1.807, 2.05) is 12.4 Å². The maximum atomic E-state index is 3.26. The SMILES string of the molecule is CC(C)(C)CC#CCc1ccc2c[nH]cc2c1. The molecule has 2 rings (SSSR count). The maximum Gasteiger partial charge on any atom is 0.0340 e. The van der Waals surface area contributed by atoms with Crippen LogP contribution < -0.4 is 0 Å². The molecular formula is C16H19N. The molecule has 0 fully saturated rings. The summed E-state index contributed by atoms with van der Waals surface area (Å²) in [7, 11) is 0. The van der Waals surface area contributed by atoms with Crippen molar-refractivity contribution < 1.29 is 0 Å². The van der Waals surface area contributed by atoms with Gasteiger partial charge in [0.2, 0.25) is 0 Å². The van der Waals surface area contributed by atoms with Crippen LogP contribution in [0.25, 0.3) is 10.8 Å². The number of aromatic nitrogens is 1. The predicted octanol–water partition coefficient (Wildman–Crippen LogP) is 4.15. The standard InChI is InChI=1S/C16H19N/c1-16(2,3)9-5-4-6-13-7-8-14-11-17-12-15(14)10-13/h7-8,10-12,17H,6,9H2,1-3H3. The normalized spacial score (nSPS) is 11.2. The molecule has 2 aromatic rings. The van der Waals surface area contributed by atoms with Crippen LogP contribution >= 0.6 is 0 Å². The molecule has 0 atom stereocenters. The minimum Gasteiger partial charge on any atom is -0.366 e. The van der Waals surface area contributed by atoms with E-state index in [9.17, 15) is 0 Å². The second kappa shape index (κ2) is 4.67. The van der Waals surface area contributed by atoms with Crippen molar-refractivity contribution in [3.8, 4) is 11.8 Å². The highest BCUT2D eigenvalue weighted by Crippen LogP contribution is 2.17. The fourth-order valence-corrected chi connectivity index (χ4v) is 1.70. The number of H-pyrrole nitrogens is 1. The highest BCUT2D eigenvalue weighted by molar-refractivity contribution is 5.82. The summed E-state index contributed by atoms with van der Waals surface area (Å²) in [4.78, 5) is 3.12. The van der Waals surface area contributed by atoms with E-state index in [0.717, 1.165) is 12.8 Å². The molecule has 0 spiro atoms. The predicted molar refractivity (Wildman–Crippen MR) is 73.9 cm³/mol. The third kappa shape index (κ3) is 3.39. The van der Waals surface area contributed by atoms with Crippen LogP contribution in [-0.2, 0) is 6.42 Å². The first-order chi connectivity index (χ1) is 8.04. The topological polar surface area (TPSA) is 15.8 Å². The fourth-order valence-electron chi connectivity index (χ4n) is 1.70. The average molecular weight is 225 g/mol. The van der Waals surface area contributed by atoms with Gasteiger partial charge in [0.1, 0.15) is 0 Å². The Labute approximate surface area is 103 Å². The summed E-state index contributed by atoms with van der Waals surface area (Å²) in [5, 5.41) is 2.52. The van der Waals surface area contributed by atoms with Crippen LogP contribution in [0, 0.1) is 17.3 Å². The molecule has 0 aliphatic rings. The third-order valence-electron chi connectivity index (χ3n) is 2.67. The summed E-state index contributed by atoms with van der Waals surface area (Å²) in [6.45, 7) is 6.65.